The van der Waals surface area contributed by atoms with E-state index in [0.717, 1.165) is 40.8 Å². The first-order valence-electron chi connectivity index (χ1n) is 10.4. The van der Waals surface area contributed by atoms with Crippen LogP contribution in [-0.4, -0.2) is 46.9 Å². The number of H-pyrrole nitrogens is 1. The fraction of sp³-hybridized carbons (Fsp3) is 0.333. The first-order chi connectivity index (χ1) is 15.0. The van der Waals surface area contributed by atoms with Crippen molar-refractivity contribution in [3.63, 3.8) is 0 Å². The zero-order valence-corrected chi connectivity index (χ0v) is 18.2. The summed E-state index contributed by atoms with van der Waals surface area (Å²) in [6, 6.07) is 11.2. The standard InChI is InChI=1S/C24H27N3O4/c1-5-6-11-27-22(16-12-17(30-3)23(28)18(13-16)31-4)19-20(25-26-21(19)24(27)29)15-9-7-14(2)8-10-15/h7-10,12-13,22,28H,5-6,11H2,1-4H3,(H,25,26). The smallest absolute Gasteiger partial charge is 0.273 e. The maximum absolute atomic E-state index is 13.3. The first kappa shape index (κ1) is 20.8. The molecule has 2 heterocycles. The van der Waals surface area contributed by atoms with Gasteiger partial charge in [-0.3, -0.25) is 9.89 Å². The molecule has 0 spiro atoms. The SMILES string of the molecule is CCCCN1C(=O)c2[nH]nc(-c3ccc(C)cc3)c2C1c1cc(OC)c(O)c(OC)c1. The van der Waals surface area contributed by atoms with Gasteiger partial charge in [0.25, 0.3) is 5.91 Å². The third-order valence-corrected chi connectivity index (χ3v) is 5.76. The predicted molar refractivity (Wildman–Crippen MR) is 118 cm³/mol. The Morgan fingerprint density at radius 1 is 1.13 bits per heavy atom. The third kappa shape index (κ3) is 3.50. The summed E-state index contributed by atoms with van der Waals surface area (Å²) in [7, 11) is 2.99. The largest absolute Gasteiger partial charge is 0.502 e. The topological polar surface area (TPSA) is 87.7 Å². The maximum Gasteiger partial charge on any atom is 0.273 e. The molecule has 0 aliphatic carbocycles. The van der Waals surface area contributed by atoms with E-state index in [1.807, 2.05) is 36.1 Å². The summed E-state index contributed by atoms with van der Waals surface area (Å²) in [4.78, 5) is 15.2. The van der Waals surface area contributed by atoms with Crippen molar-refractivity contribution < 1.29 is 19.4 Å². The number of nitrogens with zero attached hydrogens (tertiary/aromatic N) is 2. The van der Waals surface area contributed by atoms with E-state index in [1.54, 1.807) is 12.1 Å². The van der Waals surface area contributed by atoms with Gasteiger partial charge >= 0.3 is 0 Å². The van der Waals surface area contributed by atoms with Crippen LogP contribution in [-0.2, 0) is 0 Å². The van der Waals surface area contributed by atoms with Gasteiger partial charge in [0, 0.05) is 17.7 Å². The average Bonchev–Trinajstić information content (AvgIpc) is 3.32. The summed E-state index contributed by atoms with van der Waals surface area (Å²) in [5.41, 5.74) is 4.97. The second kappa shape index (κ2) is 8.34. The molecule has 0 radical (unpaired) electrons. The van der Waals surface area contributed by atoms with Gasteiger partial charge in [0.1, 0.15) is 5.69 Å². The Balaban J connectivity index is 1.91. The van der Waals surface area contributed by atoms with Gasteiger partial charge < -0.3 is 19.5 Å². The number of aromatic amines is 1. The zero-order chi connectivity index (χ0) is 22.1. The number of amides is 1. The highest BCUT2D eigenvalue weighted by Crippen LogP contribution is 2.47. The van der Waals surface area contributed by atoms with Crippen LogP contribution in [0, 0.1) is 6.92 Å². The number of benzene rings is 2. The number of ether oxygens (including phenoxy) is 2. The number of hydrogen-bond donors (Lipinski definition) is 2. The monoisotopic (exact) mass is 421 g/mol. The number of aryl methyl sites for hydroxylation is 1. The minimum Gasteiger partial charge on any atom is -0.502 e. The molecular weight excluding hydrogens is 394 g/mol. The quantitative estimate of drug-likeness (QED) is 0.588. The number of methoxy groups -OCH3 is 2. The van der Waals surface area contributed by atoms with E-state index in [2.05, 4.69) is 17.1 Å². The van der Waals surface area contributed by atoms with E-state index in [0.29, 0.717) is 23.7 Å². The lowest BCUT2D eigenvalue weighted by Crippen LogP contribution is -2.30. The van der Waals surface area contributed by atoms with Gasteiger partial charge in [0.05, 0.1) is 26.0 Å². The van der Waals surface area contributed by atoms with Crippen molar-refractivity contribution in [2.75, 3.05) is 20.8 Å². The minimum atomic E-state index is -0.368. The second-order valence-electron chi connectivity index (χ2n) is 7.76. The Morgan fingerprint density at radius 2 is 1.77 bits per heavy atom. The zero-order valence-electron chi connectivity index (χ0n) is 18.2. The van der Waals surface area contributed by atoms with E-state index in [1.165, 1.54) is 14.2 Å². The normalized spacial score (nSPS) is 15.3. The second-order valence-corrected chi connectivity index (χ2v) is 7.76. The van der Waals surface area contributed by atoms with Crippen molar-refractivity contribution in [1.29, 1.82) is 0 Å². The fourth-order valence-electron chi connectivity index (χ4n) is 4.11. The van der Waals surface area contributed by atoms with E-state index < -0.39 is 0 Å². The van der Waals surface area contributed by atoms with Gasteiger partial charge in [-0.05, 0) is 31.0 Å². The van der Waals surface area contributed by atoms with Gasteiger partial charge in [-0.2, -0.15) is 5.10 Å². The van der Waals surface area contributed by atoms with Crippen LogP contribution in [0.4, 0.5) is 0 Å². The maximum atomic E-state index is 13.3. The molecule has 0 fully saturated rings. The molecule has 1 aliphatic heterocycles. The number of aromatic nitrogens is 2. The average molecular weight is 421 g/mol. The molecule has 0 saturated heterocycles. The van der Waals surface area contributed by atoms with Gasteiger partial charge in [-0.15, -0.1) is 0 Å². The van der Waals surface area contributed by atoms with Crippen LogP contribution in [0.2, 0.25) is 0 Å². The van der Waals surface area contributed by atoms with Crippen molar-refractivity contribution >= 4 is 5.91 Å². The van der Waals surface area contributed by atoms with Gasteiger partial charge in [-0.25, -0.2) is 0 Å². The molecule has 3 aromatic rings. The molecule has 1 aliphatic rings. The molecule has 31 heavy (non-hydrogen) atoms. The Hall–Kier alpha value is -3.48. The molecular formula is C24H27N3O4. The van der Waals surface area contributed by atoms with Crippen LogP contribution in [0.25, 0.3) is 11.3 Å². The Kier molecular flexibility index (Phi) is 5.59. The Labute approximate surface area is 181 Å². The van der Waals surface area contributed by atoms with Crippen molar-refractivity contribution in [3.05, 3.63) is 58.8 Å². The number of rotatable bonds is 7. The van der Waals surface area contributed by atoms with Gasteiger partial charge in [0.2, 0.25) is 5.75 Å². The molecule has 4 rings (SSSR count). The number of fused-ring (bicyclic) bond motifs is 1. The number of carbonyl (C=O) groups excluding carboxylic acids is 1. The number of unbranched alkanes of at least 4 members (excludes halogenated alkanes) is 1. The lowest BCUT2D eigenvalue weighted by Gasteiger charge is -2.27. The molecule has 1 aromatic heterocycles. The van der Waals surface area contributed by atoms with Crippen LogP contribution < -0.4 is 9.47 Å². The van der Waals surface area contributed by atoms with Crippen molar-refractivity contribution in [3.8, 4) is 28.5 Å². The number of aromatic hydroxyl groups is 1. The summed E-state index contributed by atoms with van der Waals surface area (Å²) in [5, 5.41) is 17.8. The predicted octanol–water partition coefficient (Wildman–Crippen LogP) is 4.45. The molecule has 1 amide bonds. The number of hydrogen-bond acceptors (Lipinski definition) is 5. The number of phenols is 1. The summed E-state index contributed by atoms with van der Waals surface area (Å²) < 4.78 is 10.7. The van der Waals surface area contributed by atoms with Crippen molar-refractivity contribution in [1.82, 2.24) is 15.1 Å². The number of carbonyl (C=O) groups is 1. The molecule has 162 valence electrons. The fourth-order valence-corrected chi connectivity index (χ4v) is 4.11. The van der Waals surface area contributed by atoms with Gasteiger partial charge in [-0.1, -0.05) is 43.2 Å². The lowest BCUT2D eigenvalue weighted by molar-refractivity contribution is 0.0741. The van der Waals surface area contributed by atoms with E-state index in [9.17, 15) is 9.90 Å². The highest BCUT2D eigenvalue weighted by molar-refractivity contribution is 6.00. The molecule has 0 bridgehead atoms. The summed E-state index contributed by atoms with van der Waals surface area (Å²) in [6.07, 6.45) is 1.85. The summed E-state index contributed by atoms with van der Waals surface area (Å²) >= 11 is 0. The molecule has 1 atom stereocenters. The molecule has 0 saturated carbocycles. The van der Waals surface area contributed by atoms with Crippen molar-refractivity contribution in [2.24, 2.45) is 0 Å². The highest BCUT2D eigenvalue weighted by atomic mass is 16.5. The molecule has 1 unspecified atom stereocenters. The third-order valence-electron chi connectivity index (χ3n) is 5.76. The van der Waals surface area contributed by atoms with Crippen LogP contribution in [0.5, 0.6) is 17.2 Å². The minimum absolute atomic E-state index is 0.0654. The van der Waals surface area contributed by atoms with Crippen molar-refractivity contribution in [2.45, 2.75) is 32.7 Å². The Morgan fingerprint density at radius 3 is 2.35 bits per heavy atom. The van der Waals surface area contributed by atoms with Crippen LogP contribution in [0.3, 0.4) is 0 Å². The van der Waals surface area contributed by atoms with E-state index in [4.69, 9.17) is 9.47 Å². The van der Waals surface area contributed by atoms with E-state index >= 15 is 0 Å². The molecule has 7 heteroatoms. The summed E-state index contributed by atoms with van der Waals surface area (Å²) in [5.74, 6) is 0.451. The first-order valence-corrected chi connectivity index (χ1v) is 10.4. The van der Waals surface area contributed by atoms with Crippen LogP contribution in [0.1, 0.15) is 53.0 Å². The number of nitrogens with one attached hydrogen (secondary N) is 1. The Bertz CT molecular complexity index is 1080. The molecule has 2 aromatic carbocycles. The lowest BCUT2D eigenvalue weighted by atomic mass is 9.95. The highest BCUT2D eigenvalue weighted by Gasteiger charge is 2.42. The van der Waals surface area contributed by atoms with Crippen LogP contribution >= 0.6 is 0 Å². The number of phenolic OH excluding ortho intramolecular Hbond substituents is 1. The van der Waals surface area contributed by atoms with E-state index in [-0.39, 0.29) is 17.7 Å². The van der Waals surface area contributed by atoms with Gasteiger partial charge in [0.15, 0.2) is 11.5 Å². The summed E-state index contributed by atoms with van der Waals surface area (Å²) in [6.45, 7) is 4.74. The molecule has 7 nitrogen and oxygen atoms in total. The van der Waals surface area contributed by atoms with Crippen LogP contribution in [0.15, 0.2) is 36.4 Å². The molecule has 2 N–H and O–H groups in total.